The van der Waals surface area contributed by atoms with Crippen molar-refractivity contribution >= 4 is 28.5 Å². The van der Waals surface area contributed by atoms with Gasteiger partial charge in [-0.3, -0.25) is 20.0 Å². The van der Waals surface area contributed by atoms with Crippen molar-refractivity contribution in [3.8, 4) is 0 Å². The molecule has 25 heavy (non-hydrogen) atoms. The van der Waals surface area contributed by atoms with Crippen LogP contribution in [0.2, 0.25) is 0 Å². The van der Waals surface area contributed by atoms with Gasteiger partial charge in [0.2, 0.25) is 5.91 Å². The molecule has 0 saturated carbocycles. The zero-order chi connectivity index (χ0) is 17.8. The van der Waals surface area contributed by atoms with Gasteiger partial charge in [-0.1, -0.05) is 36.4 Å². The van der Waals surface area contributed by atoms with Crippen molar-refractivity contribution in [2.75, 3.05) is 5.01 Å². The topological polar surface area (TPSA) is 101 Å². The summed E-state index contributed by atoms with van der Waals surface area (Å²) in [5, 5.41) is 2.26. The molecule has 0 atom stereocenters. The van der Waals surface area contributed by atoms with Crippen LogP contribution in [0, 0.1) is 0 Å². The van der Waals surface area contributed by atoms with Crippen molar-refractivity contribution in [3.05, 3.63) is 66.0 Å². The van der Waals surface area contributed by atoms with E-state index in [0.717, 1.165) is 5.56 Å². The van der Waals surface area contributed by atoms with Gasteiger partial charge in [-0.15, -0.1) is 0 Å². The molecule has 0 radical (unpaired) electrons. The Morgan fingerprint density at radius 3 is 2.52 bits per heavy atom. The molecule has 1 aromatic heterocycles. The quantitative estimate of drug-likeness (QED) is 0.692. The standard InChI is InChI=1S/C18H17N5O2/c1-12(24)22-23(10-13-6-3-2-4-7-13)18-15-9-5-8-14(17(19)25)16(15)20-11-21-18/h2-9,11H,10H2,1H3,(H2,19,25)(H,22,24). The Morgan fingerprint density at radius 2 is 1.84 bits per heavy atom. The van der Waals surface area contributed by atoms with Gasteiger partial charge in [0.15, 0.2) is 5.82 Å². The number of benzene rings is 2. The summed E-state index contributed by atoms with van der Waals surface area (Å²) >= 11 is 0. The Morgan fingerprint density at radius 1 is 1.08 bits per heavy atom. The van der Waals surface area contributed by atoms with Crippen molar-refractivity contribution in [1.29, 1.82) is 0 Å². The number of aromatic nitrogens is 2. The third-order valence-corrected chi connectivity index (χ3v) is 3.64. The van der Waals surface area contributed by atoms with Crippen LogP contribution < -0.4 is 16.2 Å². The number of anilines is 1. The number of carbonyl (C=O) groups is 2. The van der Waals surface area contributed by atoms with Crippen LogP contribution in [0.15, 0.2) is 54.9 Å². The molecule has 3 rings (SSSR count). The number of amides is 2. The minimum absolute atomic E-state index is 0.228. The minimum Gasteiger partial charge on any atom is -0.366 e. The zero-order valence-corrected chi connectivity index (χ0v) is 13.6. The third kappa shape index (κ3) is 3.55. The van der Waals surface area contributed by atoms with E-state index in [9.17, 15) is 9.59 Å². The number of hydrogen-bond acceptors (Lipinski definition) is 5. The van der Waals surface area contributed by atoms with Crippen LogP contribution >= 0.6 is 0 Å². The lowest BCUT2D eigenvalue weighted by Gasteiger charge is -2.25. The lowest BCUT2D eigenvalue weighted by molar-refractivity contribution is -0.119. The second-order valence-corrected chi connectivity index (χ2v) is 5.50. The summed E-state index contributed by atoms with van der Waals surface area (Å²) in [6.07, 6.45) is 1.35. The highest BCUT2D eigenvalue weighted by molar-refractivity contribution is 6.07. The summed E-state index contributed by atoms with van der Waals surface area (Å²) in [5.41, 5.74) is 9.95. The number of hydrogen-bond donors (Lipinski definition) is 2. The van der Waals surface area contributed by atoms with E-state index >= 15 is 0 Å². The molecule has 3 N–H and O–H groups in total. The van der Waals surface area contributed by atoms with E-state index in [1.54, 1.807) is 23.2 Å². The van der Waals surface area contributed by atoms with E-state index in [-0.39, 0.29) is 5.91 Å². The number of hydrazine groups is 1. The molecule has 7 heteroatoms. The van der Waals surface area contributed by atoms with Gasteiger partial charge in [-0.05, 0) is 17.7 Å². The molecule has 126 valence electrons. The molecule has 2 aromatic carbocycles. The summed E-state index contributed by atoms with van der Waals surface area (Å²) in [7, 11) is 0. The Kier molecular flexibility index (Phi) is 4.56. The molecule has 0 aliphatic heterocycles. The second kappa shape index (κ2) is 6.96. The van der Waals surface area contributed by atoms with E-state index < -0.39 is 5.91 Å². The second-order valence-electron chi connectivity index (χ2n) is 5.50. The van der Waals surface area contributed by atoms with Crippen LogP contribution in [-0.4, -0.2) is 21.8 Å². The van der Waals surface area contributed by atoms with Gasteiger partial charge >= 0.3 is 0 Å². The number of primary amides is 1. The molecule has 1 heterocycles. The van der Waals surface area contributed by atoms with Gasteiger partial charge in [-0.2, -0.15) is 0 Å². The molecule has 2 amide bonds. The van der Waals surface area contributed by atoms with E-state index in [1.165, 1.54) is 13.3 Å². The van der Waals surface area contributed by atoms with Crippen LogP contribution in [0.4, 0.5) is 5.82 Å². The fourth-order valence-electron chi connectivity index (χ4n) is 2.61. The van der Waals surface area contributed by atoms with Crippen molar-refractivity contribution in [2.45, 2.75) is 13.5 Å². The third-order valence-electron chi connectivity index (χ3n) is 3.64. The normalized spacial score (nSPS) is 10.4. The van der Waals surface area contributed by atoms with Gasteiger partial charge in [0.05, 0.1) is 17.6 Å². The first-order valence-electron chi connectivity index (χ1n) is 7.68. The predicted molar refractivity (Wildman–Crippen MR) is 94.5 cm³/mol. The van der Waals surface area contributed by atoms with E-state index in [1.807, 2.05) is 30.3 Å². The Balaban J connectivity index is 2.10. The van der Waals surface area contributed by atoms with E-state index in [0.29, 0.717) is 28.8 Å². The van der Waals surface area contributed by atoms with Crippen molar-refractivity contribution in [2.24, 2.45) is 5.73 Å². The fourth-order valence-corrected chi connectivity index (χ4v) is 2.61. The maximum Gasteiger partial charge on any atom is 0.250 e. The number of rotatable bonds is 5. The van der Waals surface area contributed by atoms with Crippen LogP contribution in [0.25, 0.3) is 10.9 Å². The van der Waals surface area contributed by atoms with Crippen molar-refractivity contribution < 1.29 is 9.59 Å². The number of nitrogens with zero attached hydrogens (tertiary/aromatic N) is 3. The largest absolute Gasteiger partial charge is 0.366 e. The van der Waals surface area contributed by atoms with Crippen LogP contribution in [0.5, 0.6) is 0 Å². The van der Waals surface area contributed by atoms with E-state index in [2.05, 4.69) is 15.4 Å². The zero-order valence-electron chi connectivity index (χ0n) is 13.6. The van der Waals surface area contributed by atoms with Gasteiger partial charge in [-0.25, -0.2) is 9.97 Å². The maximum absolute atomic E-state index is 11.7. The lowest BCUT2D eigenvalue weighted by atomic mass is 10.1. The van der Waals surface area contributed by atoms with Crippen molar-refractivity contribution in [3.63, 3.8) is 0 Å². The molecule has 0 aliphatic carbocycles. The molecule has 0 spiro atoms. The maximum atomic E-state index is 11.7. The average Bonchev–Trinajstić information content (AvgIpc) is 2.60. The molecule has 0 bridgehead atoms. The molecule has 0 aliphatic rings. The Labute approximate surface area is 144 Å². The molecule has 7 nitrogen and oxygen atoms in total. The average molecular weight is 335 g/mol. The summed E-state index contributed by atoms with van der Waals surface area (Å²) < 4.78 is 0. The SMILES string of the molecule is CC(=O)NN(Cc1ccccc1)c1ncnc2c(C(N)=O)cccc12. The van der Waals surface area contributed by atoms with Gasteiger partial charge in [0.25, 0.3) is 5.91 Å². The molecule has 3 aromatic rings. The highest BCUT2D eigenvalue weighted by Gasteiger charge is 2.17. The molecular weight excluding hydrogens is 318 g/mol. The lowest BCUT2D eigenvalue weighted by Crippen LogP contribution is -2.41. The first-order chi connectivity index (χ1) is 12.1. The highest BCUT2D eigenvalue weighted by Crippen LogP contribution is 2.25. The smallest absolute Gasteiger partial charge is 0.250 e. The highest BCUT2D eigenvalue weighted by atomic mass is 16.2. The van der Waals surface area contributed by atoms with Gasteiger partial charge in [0.1, 0.15) is 6.33 Å². The van der Waals surface area contributed by atoms with Crippen molar-refractivity contribution in [1.82, 2.24) is 15.4 Å². The molecular formula is C18H17N5O2. The number of para-hydroxylation sites is 1. The predicted octanol–water partition coefficient (Wildman–Crippen LogP) is 1.79. The fraction of sp³-hybridized carbons (Fsp3) is 0.111. The van der Waals surface area contributed by atoms with Gasteiger partial charge in [0, 0.05) is 12.3 Å². The number of fused-ring (bicyclic) bond motifs is 1. The first kappa shape index (κ1) is 16.4. The Hall–Kier alpha value is -3.48. The molecule has 0 fully saturated rings. The number of carbonyl (C=O) groups excluding carboxylic acids is 2. The number of nitrogens with two attached hydrogens (primary N) is 1. The van der Waals surface area contributed by atoms with E-state index in [4.69, 9.17) is 5.73 Å². The molecule has 0 unspecified atom stereocenters. The van der Waals surface area contributed by atoms with Crippen LogP contribution in [0.3, 0.4) is 0 Å². The summed E-state index contributed by atoms with van der Waals surface area (Å²) in [6, 6.07) is 14.8. The first-order valence-corrected chi connectivity index (χ1v) is 7.68. The molecule has 0 saturated heterocycles. The number of nitrogens with one attached hydrogen (secondary N) is 1. The van der Waals surface area contributed by atoms with Crippen LogP contribution in [-0.2, 0) is 11.3 Å². The minimum atomic E-state index is -0.565. The monoisotopic (exact) mass is 335 g/mol. The van der Waals surface area contributed by atoms with Gasteiger partial charge < -0.3 is 5.73 Å². The Bertz CT molecular complexity index is 927. The van der Waals surface area contributed by atoms with Crippen LogP contribution in [0.1, 0.15) is 22.8 Å². The summed E-state index contributed by atoms with van der Waals surface area (Å²) in [6.45, 7) is 1.84. The summed E-state index contributed by atoms with van der Waals surface area (Å²) in [5.74, 6) is -0.301. The summed E-state index contributed by atoms with van der Waals surface area (Å²) in [4.78, 5) is 31.8.